The number of aromatic nitrogens is 1. The number of carbonyl (C=O) groups excluding carboxylic acids is 1. The van der Waals surface area contributed by atoms with Gasteiger partial charge in [0.2, 0.25) is 0 Å². The summed E-state index contributed by atoms with van der Waals surface area (Å²) >= 11 is 0. The molecule has 0 radical (unpaired) electrons. The van der Waals surface area contributed by atoms with Crippen LogP contribution in [0.1, 0.15) is 47.7 Å². The molecule has 0 bridgehead atoms. The molecule has 3 aromatic carbocycles. The van der Waals surface area contributed by atoms with Crippen LogP contribution in [-0.4, -0.2) is 10.9 Å². The van der Waals surface area contributed by atoms with Crippen LogP contribution >= 0.6 is 0 Å². The van der Waals surface area contributed by atoms with Gasteiger partial charge in [-0.1, -0.05) is 74.0 Å². The summed E-state index contributed by atoms with van der Waals surface area (Å²) in [6, 6.07) is 26.0. The Morgan fingerprint density at radius 1 is 0.967 bits per heavy atom. The first-order valence-electron chi connectivity index (χ1n) is 10.4. The topological polar surface area (TPSA) is 42.0 Å². The quantitative estimate of drug-likeness (QED) is 0.397. The Kier molecular flexibility index (Phi) is 5.62. The third kappa shape index (κ3) is 4.11. The number of aryl methyl sites for hydroxylation is 1. The number of para-hydroxylation sites is 1. The number of hydrogen-bond acceptors (Lipinski definition) is 2. The number of rotatable bonds is 5. The van der Waals surface area contributed by atoms with Crippen molar-refractivity contribution < 1.29 is 4.79 Å². The van der Waals surface area contributed by atoms with E-state index in [0.717, 1.165) is 34.3 Å². The van der Waals surface area contributed by atoms with Crippen molar-refractivity contribution in [3.05, 3.63) is 95.6 Å². The molecule has 1 aromatic heterocycles. The van der Waals surface area contributed by atoms with Gasteiger partial charge in [-0.2, -0.15) is 0 Å². The summed E-state index contributed by atoms with van der Waals surface area (Å²) in [5.41, 5.74) is 6.51. The van der Waals surface area contributed by atoms with Crippen molar-refractivity contribution in [1.82, 2.24) is 4.98 Å². The molecule has 1 atom stereocenters. The van der Waals surface area contributed by atoms with E-state index in [1.165, 1.54) is 11.1 Å². The van der Waals surface area contributed by atoms with Crippen LogP contribution in [0.2, 0.25) is 0 Å². The summed E-state index contributed by atoms with van der Waals surface area (Å²) in [5, 5.41) is 3.90. The van der Waals surface area contributed by atoms with Gasteiger partial charge in [0.1, 0.15) is 0 Å². The lowest BCUT2D eigenvalue weighted by molar-refractivity contribution is 0.102. The summed E-state index contributed by atoms with van der Waals surface area (Å²) in [4.78, 5) is 18.0. The van der Waals surface area contributed by atoms with E-state index in [-0.39, 0.29) is 5.91 Å². The zero-order chi connectivity index (χ0) is 21.1. The first-order chi connectivity index (χ1) is 14.5. The van der Waals surface area contributed by atoms with Crippen molar-refractivity contribution in [3.63, 3.8) is 0 Å². The molecule has 0 spiro atoms. The van der Waals surface area contributed by atoms with Crippen LogP contribution in [-0.2, 0) is 0 Å². The van der Waals surface area contributed by atoms with Gasteiger partial charge in [-0.05, 0) is 49.1 Å². The summed E-state index contributed by atoms with van der Waals surface area (Å²) in [6.07, 6.45) is 1.09. The third-order valence-corrected chi connectivity index (χ3v) is 5.66. The number of benzene rings is 3. The van der Waals surface area contributed by atoms with E-state index in [1.54, 1.807) is 0 Å². The number of anilines is 1. The average Bonchev–Trinajstić information content (AvgIpc) is 2.78. The van der Waals surface area contributed by atoms with Gasteiger partial charge in [0, 0.05) is 16.6 Å². The molecule has 0 unspecified atom stereocenters. The van der Waals surface area contributed by atoms with Crippen LogP contribution in [0, 0.1) is 6.92 Å². The number of amides is 1. The van der Waals surface area contributed by atoms with E-state index in [9.17, 15) is 4.79 Å². The highest BCUT2D eigenvalue weighted by Gasteiger charge is 2.14. The maximum Gasteiger partial charge on any atom is 0.256 e. The van der Waals surface area contributed by atoms with Gasteiger partial charge in [0.05, 0.1) is 16.8 Å². The molecular formula is C27H26N2O. The number of pyridine rings is 1. The van der Waals surface area contributed by atoms with E-state index in [1.807, 2.05) is 54.6 Å². The van der Waals surface area contributed by atoms with Gasteiger partial charge in [-0.25, -0.2) is 4.98 Å². The first-order valence-corrected chi connectivity index (χ1v) is 10.4. The molecule has 0 aliphatic carbocycles. The van der Waals surface area contributed by atoms with Gasteiger partial charge < -0.3 is 5.32 Å². The van der Waals surface area contributed by atoms with Gasteiger partial charge in [0.15, 0.2) is 0 Å². The van der Waals surface area contributed by atoms with Crippen molar-refractivity contribution >= 4 is 22.5 Å². The molecule has 0 aliphatic rings. The standard InChI is InChI=1S/C27H26N2O/c1-4-19(3)20-13-15-22(16-14-20)28-27(30)24-17-26(21-11-9-18(2)10-12-21)29-25-8-6-5-7-23(24)25/h5-17,19H,4H2,1-3H3,(H,28,30)/t19-/m1/s1. The van der Waals surface area contributed by atoms with Gasteiger partial charge in [-0.3, -0.25) is 4.79 Å². The fourth-order valence-electron chi connectivity index (χ4n) is 3.56. The number of nitrogens with zero attached hydrogens (tertiary/aromatic N) is 1. The molecule has 0 aliphatic heterocycles. The predicted molar refractivity (Wildman–Crippen MR) is 125 cm³/mol. The SMILES string of the molecule is CC[C@@H](C)c1ccc(NC(=O)c2cc(-c3ccc(C)cc3)nc3ccccc23)cc1. The molecule has 3 heteroatoms. The second kappa shape index (κ2) is 8.50. The Morgan fingerprint density at radius 3 is 2.37 bits per heavy atom. The summed E-state index contributed by atoms with van der Waals surface area (Å²) < 4.78 is 0. The number of carbonyl (C=O) groups is 1. The third-order valence-electron chi connectivity index (χ3n) is 5.66. The summed E-state index contributed by atoms with van der Waals surface area (Å²) in [6.45, 7) is 6.45. The Morgan fingerprint density at radius 2 is 1.67 bits per heavy atom. The highest BCUT2D eigenvalue weighted by Crippen LogP contribution is 2.26. The van der Waals surface area contributed by atoms with E-state index >= 15 is 0 Å². The zero-order valence-electron chi connectivity index (χ0n) is 17.6. The predicted octanol–water partition coefficient (Wildman–Crippen LogP) is 6.98. The van der Waals surface area contributed by atoms with Crippen LogP contribution in [0.5, 0.6) is 0 Å². The fourth-order valence-corrected chi connectivity index (χ4v) is 3.56. The highest BCUT2D eigenvalue weighted by molar-refractivity contribution is 6.13. The van der Waals surface area contributed by atoms with Crippen LogP contribution < -0.4 is 5.32 Å². The van der Waals surface area contributed by atoms with E-state index in [4.69, 9.17) is 4.98 Å². The smallest absolute Gasteiger partial charge is 0.256 e. The first kappa shape index (κ1) is 19.8. The van der Waals surface area contributed by atoms with Gasteiger partial charge >= 0.3 is 0 Å². The van der Waals surface area contributed by atoms with Crippen LogP contribution in [0.25, 0.3) is 22.2 Å². The Labute approximate surface area is 177 Å². The van der Waals surface area contributed by atoms with Crippen molar-refractivity contribution in [2.24, 2.45) is 0 Å². The van der Waals surface area contributed by atoms with Gasteiger partial charge in [0.25, 0.3) is 5.91 Å². The van der Waals surface area contributed by atoms with Crippen LogP contribution in [0.15, 0.2) is 78.9 Å². The molecule has 30 heavy (non-hydrogen) atoms. The molecule has 1 N–H and O–H groups in total. The highest BCUT2D eigenvalue weighted by atomic mass is 16.1. The minimum atomic E-state index is -0.127. The molecule has 0 fully saturated rings. The Hall–Kier alpha value is -3.46. The molecule has 4 rings (SSSR count). The maximum atomic E-state index is 13.2. The molecule has 3 nitrogen and oxygen atoms in total. The molecule has 0 saturated carbocycles. The number of nitrogens with one attached hydrogen (secondary N) is 1. The summed E-state index contributed by atoms with van der Waals surface area (Å²) in [5.74, 6) is 0.384. The molecule has 1 amide bonds. The van der Waals surface area contributed by atoms with Crippen molar-refractivity contribution in [2.75, 3.05) is 5.32 Å². The molecule has 4 aromatic rings. The van der Waals surface area contributed by atoms with Crippen LogP contribution in [0.4, 0.5) is 5.69 Å². The minimum Gasteiger partial charge on any atom is -0.322 e. The van der Waals surface area contributed by atoms with E-state index in [0.29, 0.717) is 11.5 Å². The van der Waals surface area contributed by atoms with Crippen molar-refractivity contribution in [1.29, 1.82) is 0 Å². The summed E-state index contributed by atoms with van der Waals surface area (Å²) in [7, 11) is 0. The number of hydrogen-bond donors (Lipinski definition) is 1. The lowest BCUT2D eigenvalue weighted by Crippen LogP contribution is -2.13. The Bertz CT molecular complexity index is 1180. The fraction of sp³-hybridized carbons (Fsp3) is 0.185. The Balaban J connectivity index is 1.70. The lowest BCUT2D eigenvalue weighted by atomic mass is 9.98. The van der Waals surface area contributed by atoms with Crippen LogP contribution in [0.3, 0.4) is 0 Å². The largest absolute Gasteiger partial charge is 0.322 e. The lowest BCUT2D eigenvalue weighted by Gasteiger charge is -2.12. The molecule has 0 saturated heterocycles. The number of fused-ring (bicyclic) bond motifs is 1. The monoisotopic (exact) mass is 394 g/mol. The molecule has 1 heterocycles. The van der Waals surface area contributed by atoms with Crippen molar-refractivity contribution in [2.45, 2.75) is 33.1 Å². The average molecular weight is 395 g/mol. The molecule has 150 valence electrons. The maximum absolute atomic E-state index is 13.2. The second-order valence-corrected chi connectivity index (χ2v) is 7.82. The zero-order valence-corrected chi connectivity index (χ0v) is 17.6. The second-order valence-electron chi connectivity index (χ2n) is 7.82. The van der Waals surface area contributed by atoms with Crippen molar-refractivity contribution in [3.8, 4) is 11.3 Å². The minimum absolute atomic E-state index is 0.127. The normalized spacial score (nSPS) is 12.0. The van der Waals surface area contributed by atoms with E-state index in [2.05, 4.69) is 50.4 Å². The van der Waals surface area contributed by atoms with E-state index < -0.39 is 0 Å². The molecular weight excluding hydrogens is 368 g/mol. The van der Waals surface area contributed by atoms with Gasteiger partial charge in [-0.15, -0.1) is 0 Å².